The Kier molecular flexibility index (Phi) is 3.57. The smallest absolute Gasteiger partial charge is 0.325 e. The highest BCUT2D eigenvalue weighted by Crippen LogP contribution is 2.26. The van der Waals surface area contributed by atoms with Gasteiger partial charge in [0.1, 0.15) is 18.6 Å². The molecule has 1 heterocycles. The van der Waals surface area contributed by atoms with Crippen LogP contribution in [0.4, 0.5) is 0 Å². The van der Waals surface area contributed by atoms with Gasteiger partial charge in [0.05, 0.1) is 12.2 Å². The summed E-state index contributed by atoms with van der Waals surface area (Å²) >= 11 is 0. The zero-order chi connectivity index (χ0) is 13.0. The van der Waals surface area contributed by atoms with Crippen molar-refractivity contribution < 1.29 is 14.6 Å². The first-order valence-electron chi connectivity index (χ1n) is 5.54. The molecule has 0 bridgehead atoms. The number of rotatable bonds is 5. The molecule has 18 heavy (non-hydrogen) atoms. The van der Waals surface area contributed by atoms with Gasteiger partial charge in [-0.15, -0.1) is 0 Å². The van der Waals surface area contributed by atoms with Gasteiger partial charge in [-0.3, -0.25) is 4.79 Å². The summed E-state index contributed by atoms with van der Waals surface area (Å²) in [6, 6.07) is 7.39. The van der Waals surface area contributed by atoms with E-state index in [-0.39, 0.29) is 6.54 Å². The van der Waals surface area contributed by atoms with Gasteiger partial charge < -0.3 is 9.84 Å². The number of para-hydroxylation sites is 1. The van der Waals surface area contributed by atoms with Crippen LogP contribution in [0.15, 0.2) is 30.6 Å². The summed E-state index contributed by atoms with van der Waals surface area (Å²) in [7, 11) is 0. The average Bonchev–Trinajstić information content (AvgIpc) is 2.77. The molecule has 1 aromatic carbocycles. The molecular formula is C12H13N3O3. The van der Waals surface area contributed by atoms with Gasteiger partial charge in [0, 0.05) is 0 Å². The Bertz CT molecular complexity index is 551. The predicted molar refractivity (Wildman–Crippen MR) is 64.3 cm³/mol. The summed E-state index contributed by atoms with van der Waals surface area (Å²) in [4.78, 5) is 14.7. The second-order valence-corrected chi connectivity index (χ2v) is 3.59. The molecule has 0 aliphatic carbocycles. The molecule has 6 heteroatoms. The molecule has 1 aromatic heterocycles. The highest BCUT2D eigenvalue weighted by Gasteiger charge is 2.11. The number of hydrogen-bond donors (Lipinski definition) is 1. The molecule has 6 nitrogen and oxygen atoms in total. The lowest BCUT2D eigenvalue weighted by Crippen LogP contribution is -2.09. The Labute approximate surface area is 104 Å². The van der Waals surface area contributed by atoms with Crippen LogP contribution in [-0.4, -0.2) is 32.4 Å². The van der Waals surface area contributed by atoms with Gasteiger partial charge >= 0.3 is 5.97 Å². The number of aromatic nitrogens is 3. The number of carbonyl (C=O) groups is 1. The van der Waals surface area contributed by atoms with E-state index in [0.717, 1.165) is 5.56 Å². The van der Waals surface area contributed by atoms with E-state index in [1.807, 2.05) is 31.2 Å². The maximum atomic E-state index is 10.6. The topological polar surface area (TPSA) is 77.2 Å². The van der Waals surface area contributed by atoms with Crippen molar-refractivity contribution in [3.8, 4) is 17.1 Å². The summed E-state index contributed by atoms with van der Waals surface area (Å²) < 4.78 is 6.75. The summed E-state index contributed by atoms with van der Waals surface area (Å²) in [6.07, 6.45) is 1.40. The van der Waals surface area contributed by atoms with Crippen molar-refractivity contribution in [3.05, 3.63) is 30.6 Å². The third kappa shape index (κ3) is 2.65. The number of carboxylic acids is 1. The Balaban J connectivity index is 2.30. The number of ether oxygens (including phenoxy) is 1. The lowest BCUT2D eigenvalue weighted by molar-refractivity contribution is -0.137. The van der Waals surface area contributed by atoms with Gasteiger partial charge in [0.25, 0.3) is 0 Å². The van der Waals surface area contributed by atoms with Gasteiger partial charge in [-0.1, -0.05) is 12.1 Å². The first kappa shape index (κ1) is 12.1. The Hall–Kier alpha value is -2.37. The maximum Gasteiger partial charge on any atom is 0.325 e. The van der Waals surface area contributed by atoms with E-state index in [2.05, 4.69) is 10.1 Å². The van der Waals surface area contributed by atoms with Crippen molar-refractivity contribution in [2.24, 2.45) is 0 Å². The minimum atomic E-state index is -0.954. The van der Waals surface area contributed by atoms with Crippen LogP contribution in [0.3, 0.4) is 0 Å². The summed E-state index contributed by atoms with van der Waals surface area (Å²) in [6.45, 7) is 2.24. The van der Waals surface area contributed by atoms with Gasteiger partial charge in [-0.2, -0.15) is 5.10 Å². The van der Waals surface area contributed by atoms with Crippen LogP contribution in [0.25, 0.3) is 11.4 Å². The first-order chi connectivity index (χ1) is 8.70. The molecule has 0 atom stereocenters. The van der Waals surface area contributed by atoms with E-state index in [1.165, 1.54) is 11.0 Å². The van der Waals surface area contributed by atoms with Crippen LogP contribution in [0.5, 0.6) is 5.75 Å². The largest absolute Gasteiger partial charge is 0.493 e. The molecule has 0 spiro atoms. The van der Waals surface area contributed by atoms with Crippen LogP contribution in [0, 0.1) is 0 Å². The molecular weight excluding hydrogens is 234 g/mol. The van der Waals surface area contributed by atoms with Crippen molar-refractivity contribution in [2.45, 2.75) is 13.5 Å². The van der Waals surface area contributed by atoms with Gasteiger partial charge in [0.15, 0.2) is 5.82 Å². The average molecular weight is 247 g/mol. The molecule has 0 fully saturated rings. The van der Waals surface area contributed by atoms with Crippen molar-refractivity contribution in [1.29, 1.82) is 0 Å². The molecule has 2 aromatic rings. The normalized spacial score (nSPS) is 10.3. The van der Waals surface area contributed by atoms with Gasteiger partial charge in [-0.05, 0) is 19.1 Å². The highest BCUT2D eigenvalue weighted by atomic mass is 16.5. The van der Waals surface area contributed by atoms with E-state index in [0.29, 0.717) is 18.2 Å². The molecule has 2 rings (SSSR count). The van der Waals surface area contributed by atoms with E-state index >= 15 is 0 Å². The Morgan fingerprint density at radius 2 is 2.22 bits per heavy atom. The maximum absolute atomic E-state index is 10.6. The van der Waals surface area contributed by atoms with E-state index in [4.69, 9.17) is 9.84 Å². The second kappa shape index (κ2) is 5.31. The monoisotopic (exact) mass is 247 g/mol. The molecule has 0 unspecified atom stereocenters. The first-order valence-corrected chi connectivity index (χ1v) is 5.54. The summed E-state index contributed by atoms with van der Waals surface area (Å²) in [5.41, 5.74) is 0.753. The summed E-state index contributed by atoms with van der Waals surface area (Å²) in [5, 5.41) is 12.8. The van der Waals surface area contributed by atoms with E-state index in [1.54, 1.807) is 0 Å². The Morgan fingerprint density at radius 3 is 2.94 bits per heavy atom. The van der Waals surface area contributed by atoms with Crippen molar-refractivity contribution >= 4 is 5.97 Å². The van der Waals surface area contributed by atoms with Crippen LogP contribution >= 0.6 is 0 Å². The van der Waals surface area contributed by atoms with E-state index < -0.39 is 5.97 Å². The zero-order valence-corrected chi connectivity index (χ0v) is 9.91. The molecule has 0 radical (unpaired) electrons. The third-order valence-corrected chi connectivity index (χ3v) is 2.26. The minimum Gasteiger partial charge on any atom is -0.493 e. The molecule has 0 saturated heterocycles. The highest BCUT2D eigenvalue weighted by molar-refractivity contribution is 5.67. The fourth-order valence-corrected chi connectivity index (χ4v) is 1.57. The van der Waals surface area contributed by atoms with Crippen LogP contribution in [0.1, 0.15) is 6.92 Å². The van der Waals surface area contributed by atoms with Gasteiger partial charge in [-0.25, -0.2) is 9.67 Å². The van der Waals surface area contributed by atoms with Crippen molar-refractivity contribution in [3.63, 3.8) is 0 Å². The number of nitrogens with zero attached hydrogens (tertiary/aromatic N) is 3. The second-order valence-electron chi connectivity index (χ2n) is 3.59. The molecule has 1 N–H and O–H groups in total. The predicted octanol–water partition coefficient (Wildman–Crippen LogP) is 1.43. The number of benzene rings is 1. The SMILES string of the molecule is CCOc1ccccc1-c1ncn(CC(=O)O)n1. The van der Waals surface area contributed by atoms with Crippen LogP contribution < -0.4 is 4.74 Å². The number of aliphatic carboxylic acids is 1. The zero-order valence-electron chi connectivity index (χ0n) is 9.91. The molecule has 0 aliphatic rings. The van der Waals surface area contributed by atoms with Crippen LogP contribution in [0.2, 0.25) is 0 Å². The fraction of sp³-hybridized carbons (Fsp3) is 0.250. The lowest BCUT2D eigenvalue weighted by atomic mass is 10.2. The third-order valence-electron chi connectivity index (χ3n) is 2.26. The fourth-order valence-electron chi connectivity index (χ4n) is 1.57. The van der Waals surface area contributed by atoms with Gasteiger partial charge in [0.2, 0.25) is 0 Å². The lowest BCUT2D eigenvalue weighted by Gasteiger charge is -2.06. The molecule has 94 valence electrons. The quantitative estimate of drug-likeness (QED) is 0.864. The van der Waals surface area contributed by atoms with Crippen LogP contribution in [-0.2, 0) is 11.3 Å². The summed E-state index contributed by atoms with van der Waals surface area (Å²) in [5.74, 6) is 0.193. The molecule has 0 amide bonds. The number of carboxylic acid groups (broad SMARTS) is 1. The van der Waals surface area contributed by atoms with E-state index in [9.17, 15) is 4.79 Å². The van der Waals surface area contributed by atoms with Crippen molar-refractivity contribution in [1.82, 2.24) is 14.8 Å². The molecule has 0 aliphatic heterocycles. The van der Waals surface area contributed by atoms with Crippen molar-refractivity contribution in [2.75, 3.05) is 6.61 Å². The Morgan fingerprint density at radius 1 is 1.44 bits per heavy atom. The minimum absolute atomic E-state index is 0.205. The standard InChI is InChI=1S/C12H13N3O3/c1-2-18-10-6-4-3-5-9(10)12-13-8-15(14-12)7-11(16)17/h3-6,8H,2,7H2,1H3,(H,16,17). The molecule has 0 saturated carbocycles. The number of hydrogen-bond acceptors (Lipinski definition) is 4.